The highest BCUT2D eigenvalue weighted by atomic mass is 35.5. The lowest BCUT2D eigenvalue weighted by molar-refractivity contribution is 0.0769. The van der Waals surface area contributed by atoms with E-state index in [1.807, 2.05) is 54.6 Å². The van der Waals surface area contributed by atoms with E-state index in [9.17, 15) is 4.79 Å². The molecule has 0 bridgehead atoms. The molecule has 4 rings (SSSR count). The molecule has 1 aromatic heterocycles. The molecule has 1 amide bonds. The average Bonchev–Trinajstić information content (AvgIpc) is 3.16. The fourth-order valence-corrected chi connectivity index (χ4v) is 2.98. The third kappa shape index (κ3) is 3.68. The zero-order valence-corrected chi connectivity index (χ0v) is 15.3. The maximum atomic E-state index is 12.7. The number of fused-ring (bicyclic) bond motifs is 1. The van der Waals surface area contributed by atoms with Gasteiger partial charge < -0.3 is 9.42 Å². The van der Waals surface area contributed by atoms with Crippen molar-refractivity contribution < 1.29 is 9.32 Å². The van der Waals surface area contributed by atoms with Gasteiger partial charge in [0.05, 0.1) is 6.54 Å². The summed E-state index contributed by atoms with van der Waals surface area (Å²) in [4.78, 5) is 18.6. The first-order valence-corrected chi connectivity index (χ1v) is 8.81. The fourth-order valence-electron chi connectivity index (χ4n) is 2.85. The average molecular weight is 378 g/mol. The second kappa shape index (κ2) is 7.21. The van der Waals surface area contributed by atoms with Gasteiger partial charge in [0, 0.05) is 23.2 Å². The van der Waals surface area contributed by atoms with Gasteiger partial charge in [-0.05, 0) is 47.2 Å². The van der Waals surface area contributed by atoms with Crippen molar-refractivity contribution in [2.24, 2.45) is 0 Å². The quantitative estimate of drug-likeness (QED) is 0.511. The Bertz CT molecular complexity index is 1110. The van der Waals surface area contributed by atoms with Crippen molar-refractivity contribution in [3.8, 4) is 11.4 Å². The number of benzene rings is 3. The van der Waals surface area contributed by atoms with E-state index in [0.717, 1.165) is 16.3 Å². The Morgan fingerprint density at radius 3 is 2.56 bits per heavy atom. The lowest BCUT2D eigenvalue weighted by Gasteiger charge is -2.15. The summed E-state index contributed by atoms with van der Waals surface area (Å²) in [6.45, 7) is 0.228. The Morgan fingerprint density at radius 1 is 1.04 bits per heavy atom. The van der Waals surface area contributed by atoms with Crippen LogP contribution in [0.3, 0.4) is 0 Å². The van der Waals surface area contributed by atoms with Gasteiger partial charge in [-0.1, -0.05) is 47.1 Å². The van der Waals surface area contributed by atoms with Crippen molar-refractivity contribution >= 4 is 28.3 Å². The lowest BCUT2D eigenvalue weighted by atomic mass is 10.1. The zero-order valence-electron chi connectivity index (χ0n) is 14.6. The molecule has 0 atom stereocenters. The minimum Gasteiger partial charge on any atom is -0.337 e. The van der Waals surface area contributed by atoms with E-state index < -0.39 is 0 Å². The first-order chi connectivity index (χ1) is 13.1. The molecular weight excluding hydrogens is 362 g/mol. The van der Waals surface area contributed by atoms with E-state index in [4.69, 9.17) is 16.1 Å². The van der Waals surface area contributed by atoms with E-state index in [0.29, 0.717) is 22.3 Å². The number of halogens is 1. The van der Waals surface area contributed by atoms with Gasteiger partial charge in [0.1, 0.15) is 0 Å². The van der Waals surface area contributed by atoms with Crippen LogP contribution in [0.25, 0.3) is 22.2 Å². The second-order valence-corrected chi connectivity index (χ2v) is 6.68. The monoisotopic (exact) mass is 377 g/mol. The Labute approximate surface area is 161 Å². The van der Waals surface area contributed by atoms with Crippen molar-refractivity contribution in [1.29, 1.82) is 0 Å². The van der Waals surface area contributed by atoms with Crippen molar-refractivity contribution in [3.05, 3.63) is 83.2 Å². The molecule has 4 aromatic rings. The Hall–Kier alpha value is -3.18. The lowest BCUT2D eigenvalue weighted by Crippen LogP contribution is -2.26. The van der Waals surface area contributed by atoms with Crippen LogP contribution < -0.4 is 0 Å². The van der Waals surface area contributed by atoms with Gasteiger partial charge >= 0.3 is 0 Å². The third-order valence-electron chi connectivity index (χ3n) is 4.29. The molecule has 0 radical (unpaired) electrons. The van der Waals surface area contributed by atoms with Gasteiger partial charge in [-0.3, -0.25) is 4.79 Å². The minimum atomic E-state index is -0.105. The molecule has 0 aliphatic rings. The Morgan fingerprint density at radius 2 is 1.78 bits per heavy atom. The van der Waals surface area contributed by atoms with Crippen molar-refractivity contribution in [2.45, 2.75) is 6.54 Å². The summed E-state index contributed by atoms with van der Waals surface area (Å²) in [5.41, 5.74) is 1.42. The predicted octanol–water partition coefficient (Wildman–Crippen LogP) is 4.82. The van der Waals surface area contributed by atoms with E-state index in [1.165, 1.54) is 0 Å². The first kappa shape index (κ1) is 17.2. The minimum absolute atomic E-state index is 0.105. The molecule has 134 valence electrons. The SMILES string of the molecule is CN(Cc1nc(-c2ccc(Cl)cc2)no1)C(=O)c1ccc2ccccc2c1. The molecule has 1 heterocycles. The number of aromatic nitrogens is 2. The van der Waals surface area contributed by atoms with Gasteiger partial charge in [0.15, 0.2) is 0 Å². The number of hydrogen-bond acceptors (Lipinski definition) is 4. The number of carbonyl (C=O) groups excluding carboxylic acids is 1. The summed E-state index contributed by atoms with van der Waals surface area (Å²) in [7, 11) is 1.71. The Kier molecular flexibility index (Phi) is 4.60. The summed E-state index contributed by atoms with van der Waals surface area (Å²) in [6, 6.07) is 20.8. The molecule has 5 nitrogen and oxygen atoms in total. The van der Waals surface area contributed by atoms with Crippen LogP contribution >= 0.6 is 11.6 Å². The van der Waals surface area contributed by atoms with Crippen LogP contribution in [0.5, 0.6) is 0 Å². The molecule has 0 saturated heterocycles. The van der Waals surface area contributed by atoms with Crippen LogP contribution in [0.4, 0.5) is 0 Å². The second-order valence-electron chi connectivity index (χ2n) is 6.24. The fraction of sp³-hybridized carbons (Fsp3) is 0.0952. The summed E-state index contributed by atoms with van der Waals surface area (Å²) < 4.78 is 5.29. The molecule has 0 spiro atoms. The predicted molar refractivity (Wildman–Crippen MR) is 104 cm³/mol. The highest BCUT2D eigenvalue weighted by Gasteiger charge is 2.16. The standard InChI is InChI=1S/C21H16ClN3O2/c1-25(21(26)17-7-6-14-4-2-3-5-16(14)12-17)13-19-23-20(24-27-19)15-8-10-18(22)11-9-15/h2-12H,13H2,1H3. The van der Waals surface area contributed by atoms with Gasteiger partial charge in [-0.2, -0.15) is 4.98 Å². The van der Waals surface area contributed by atoms with Crippen LogP contribution in [-0.2, 0) is 6.54 Å². The topological polar surface area (TPSA) is 59.2 Å². The molecule has 0 aliphatic carbocycles. The molecule has 3 aromatic carbocycles. The smallest absolute Gasteiger partial charge is 0.254 e. The molecular formula is C21H16ClN3O2. The van der Waals surface area contributed by atoms with Crippen molar-refractivity contribution in [3.63, 3.8) is 0 Å². The summed E-state index contributed by atoms with van der Waals surface area (Å²) >= 11 is 5.89. The first-order valence-electron chi connectivity index (χ1n) is 8.43. The normalized spacial score (nSPS) is 10.9. The van der Waals surface area contributed by atoms with Crippen LogP contribution in [0.2, 0.25) is 5.02 Å². The highest BCUT2D eigenvalue weighted by Crippen LogP contribution is 2.20. The zero-order chi connectivity index (χ0) is 18.8. The molecule has 0 aliphatic heterocycles. The van der Waals surface area contributed by atoms with E-state index in [2.05, 4.69) is 10.1 Å². The van der Waals surface area contributed by atoms with Crippen molar-refractivity contribution in [1.82, 2.24) is 15.0 Å². The molecule has 6 heteroatoms. The maximum Gasteiger partial charge on any atom is 0.254 e. The summed E-state index contributed by atoms with van der Waals surface area (Å²) in [5, 5.41) is 6.74. The highest BCUT2D eigenvalue weighted by molar-refractivity contribution is 6.30. The Balaban J connectivity index is 1.50. The van der Waals surface area contributed by atoms with Gasteiger partial charge in [0.25, 0.3) is 5.91 Å². The number of hydrogen-bond donors (Lipinski definition) is 0. The molecule has 0 N–H and O–H groups in total. The van der Waals surface area contributed by atoms with E-state index in [1.54, 1.807) is 24.1 Å². The van der Waals surface area contributed by atoms with Crippen LogP contribution in [0.15, 0.2) is 71.3 Å². The third-order valence-corrected chi connectivity index (χ3v) is 4.54. The maximum absolute atomic E-state index is 12.7. The van der Waals surface area contributed by atoms with Gasteiger partial charge in [-0.15, -0.1) is 0 Å². The molecule has 27 heavy (non-hydrogen) atoms. The van der Waals surface area contributed by atoms with Gasteiger partial charge in [-0.25, -0.2) is 0 Å². The van der Waals surface area contributed by atoms with Crippen LogP contribution in [-0.4, -0.2) is 28.0 Å². The van der Waals surface area contributed by atoms with Crippen LogP contribution in [0.1, 0.15) is 16.2 Å². The number of rotatable bonds is 4. The summed E-state index contributed by atoms with van der Waals surface area (Å²) in [6.07, 6.45) is 0. The van der Waals surface area contributed by atoms with E-state index in [-0.39, 0.29) is 12.5 Å². The number of nitrogens with zero attached hydrogens (tertiary/aromatic N) is 3. The molecule has 0 unspecified atom stereocenters. The van der Waals surface area contributed by atoms with Gasteiger partial charge in [0.2, 0.25) is 11.7 Å². The molecule has 0 saturated carbocycles. The van der Waals surface area contributed by atoms with Crippen LogP contribution in [0, 0.1) is 0 Å². The van der Waals surface area contributed by atoms with E-state index >= 15 is 0 Å². The number of amides is 1. The summed E-state index contributed by atoms with van der Waals surface area (Å²) in [5.74, 6) is 0.733. The number of carbonyl (C=O) groups is 1. The van der Waals surface area contributed by atoms with Crippen molar-refractivity contribution in [2.75, 3.05) is 7.05 Å². The largest absolute Gasteiger partial charge is 0.337 e. The molecule has 0 fully saturated rings.